The number of ether oxygens (including phenoxy) is 4. The van der Waals surface area contributed by atoms with Gasteiger partial charge in [0.25, 0.3) is 0 Å². The molecule has 184 valence electrons. The summed E-state index contributed by atoms with van der Waals surface area (Å²) in [5.74, 6) is -2.88. The first-order valence-corrected chi connectivity index (χ1v) is 11.6. The molecule has 3 unspecified atom stereocenters. The molecule has 0 saturated heterocycles. The maximum absolute atomic E-state index is 13.7. The lowest BCUT2D eigenvalue weighted by molar-refractivity contribution is -0.151. The van der Waals surface area contributed by atoms with Crippen molar-refractivity contribution in [1.29, 1.82) is 0 Å². The fraction of sp³-hybridized carbons (Fsp3) is 0.500. The zero-order valence-corrected chi connectivity index (χ0v) is 20.4. The first kappa shape index (κ1) is 25.5. The lowest BCUT2D eigenvalue weighted by Crippen LogP contribution is -2.43. The summed E-state index contributed by atoms with van der Waals surface area (Å²) in [5.41, 5.74) is 2.64. The fourth-order valence-corrected chi connectivity index (χ4v) is 4.68. The maximum atomic E-state index is 13.7. The molecule has 3 rings (SSSR count). The van der Waals surface area contributed by atoms with E-state index in [9.17, 15) is 14.4 Å². The Bertz CT molecular complexity index is 1010. The van der Waals surface area contributed by atoms with Crippen molar-refractivity contribution in [1.82, 2.24) is 5.32 Å². The van der Waals surface area contributed by atoms with E-state index in [1.165, 1.54) is 14.2 Å². The van der Waals surface area contributed by atoms with Crippen molar-refractivity contribution >= 4 is 17.7 Å². The molecule has 0 spiro atoms. The zero-order chi connectivity index (χ0) is 24.8. The van der Waals surface area contributed by atoms with Crippen molar-refractivity contribution < 1.29 is 33.3 Å². The van der Waals surface area contributed by atoms with Gasteiger partial charge in [0.15, 0.2) is 5.78 Å². The lowest BCUT2D eigenvalue weighted by Gasteiger charge is -2.38. The molecule has 1 aromatic rings. The number of hydrogen-bond donors (Lipinski definition) is 1. The first-order chi connectivity index (χ1) is 16.3. The van der Waals surface area contributed by atoms with Crippen LogP contribution in [0, 0.1) is 11.8 Å². The average molecular weight is 472 g/mol. The molecule has 0 aromatic heterocycles. The Hall–Kier alpha value is -3.13. The molecular weight excluding hydrogens is 438 g/mol. The van der Waals surface area contributed by atoms with E-state index in [1.54, 1.807) is 13.0 Å². The predicted octanol–water partition coefficient (Wildman–Crippen LogP) is 3.28. The third-order valence-electron chi connectivity index (χ3n) is 6.22. The number of nitrogens with one attached hydrogen (secondary N) is 1. The number of methoxy groups -OCH3 is 2. The first-order valence-electron chi connectivity index (χ1n) is 11.6. The third kappa shape index (κ3) is 5.01. The van der Waals surface area contributed by atoms with Crippen LogP contribution in [0.5, 0.6) is 5.75 Å². The van der Waals surface area contributed by atoms with Gasteiger partial charge in [0, 0.05) is 29.1 Å². The van der Waals surface area contributed by atoms with Crippen LogP contribution in [0.3, 0.4) is 0 Å². The van der Waals surface area contributed by atoms with Crippen LogP contribution in [-0.2, 0) is 28.6 Å². The standard InChI is InChI=1S/C26H33NO7/c1-6-11-33-12-13-34-26(30)21-16(3)27-18-14-15(2)20(25(29)32-5)24(28)23(18)22(21)17-9-7-8-10-19(17)31-4/h7-10,15,20,22,27H,6,11-14H2,1-5H3. The number of dihydropyridines is 1. The van der Waals surface area contributed by atoms with Gasteiger partial charge in [-0.15, -0.1) is 0 Å². The van der Waals surface area contributed by atoms with Crippen LogP contribution in [0.2, 0.25) is 0 Å². The van der Waals surface area contributed by atoms with E-state index in [-0.39, 0.29) is 24.9 Å². The monoisotopic (exact) mass is 471 g/mol. The van der Waals surface area contributed by atoms with Crippen molar-refractivity contribution in [3.8, 4) is 5.75 Å². The van der Waals surface area contributed by atoms with Gasteiger partial charge >= 0.3 is 11.9 Å². The summed E-state index contributed by atoms with van der Waals surface area (Å²) in [5, 5.41) is 3.25. The van der Waals surface area contributed by atoms with Gasteiger partial charge in [-0.2, -0.15) is 0 Å². The highest BCUT2D eigenvalue weighted by Gasteiger charge is 2.47. The largest absolute Gasteiger partial charge is 0.496 e. The fourth-order valence-electron chi connectivity index (χ4n) is 4.68. The third-order valence-corrected chi connectivity index (χ3v) is 6.22. The number of esters is 2. The molecule has 0 saturated carbocycles. The Morgan fingerprint density at radius 3 is 2.53 bits per heavy atom. The topological polar surface area (TPSA) is 100 Å². The second-order valence-corrected chi connectivity index (χ2v) is 8.53. The highest BCUT2D eigenvalue weighted by Crippen LogP contribution is 2.47. The van der Waals surface area contributed by atoms with Crippen molar-refractivity contribution in [2.75, 3.05) is 34.0 Å². The summed E-state index contributed by atoms with van der Waals surface area (Å²) in [4.78, 5) is 39.5. The Labute approximate surface area is 200 Å². The summed E-state index contributed by atoms with van der Waals surface area (Å²) in [7, 11) is 2.81. The van der Waals surface area contributed by atoms with E-state index in [2.05, 4.69) is 5.32 Å². The van der Waals surface area contributed by atoms with Crippen LogP contribution in [-0.4, -0.2) is 51.8 Å². The molecule has 0 fully saturated rings. The van der Waals surface area contributed by atoms with Crippen LogP contribution < -0.4 is 10.1 Å². The van der Waals surface area contributed by atoms with Gasteiger partial charge in [0.2, 0.25) is 0 Å². The Kier molecular flexibility index (Phi) is 8.50. The summed E-state index contributed by atoms with van der Waals surface area (Å²) >= 11 is 0. The summed E-state index contributed by atoms with van der Waals surface area (Å²) in [6.07, 6.45) is 1.34. The summed E-state index contributed by atoms with van der Waals surface area (Å²) < 4.78 is 21.5. The van der Waals surface area contributed by atoms with E-state index in [4.69, 9.17) is 18.9 Å². The molecule has 8 heteroatoms. The minimum atomic E-state index is -0.944. The van der Waals surface area contributed by atoms with Gasteiger partial charge in [0.1, 0.15) is 18.3 Å². The highest BCUT2D eigenvalue weighted by atomic mass is 16.6. The molecular formula is C26H33NO7. The molecule has 3 atom stereocenters. The number of carbonyl (C=O) groups excluding carboxylic acids is 3. The zero-order valence-electron chi connectivity index (χ0n) is 20.4. The normalized spacial score (nSPS) is 22.1. The molecule has 0 amide bonds. The van der Waals surface area contributed by atoms with Crippen molar-refractivity contribution in [2.45, 2.75) is 39.5 Å². The van der Waals surface area contributed by atoms with Gasteiger partial charge in [-0.1, -0.05) is 32.0 Å². The predicted molar refractivity (Wildman–Crippen MR) is 125 cm³/mol. The molecule has 1 heterocycles. The van der Waals surface area contributed by atoms with E-state index in [0.717, 1.165) is 6.42 Å². The lowest BCUT2D eigenvalue weighted by atomic mass is 9.69. The number of Topliss-reactive ketones (excluding diaryl/α,β-unsaturated/α-hetero) is 1. The van der Waals surface area contributed by atoms with Crippen LogP contribution in [0.1, 0.15) is 45.1 Å². The van der Waals surface area contributed by atoms with Crippen LogP contribution >= 0.6 is 0 Å². The smallest absolute Gasteiger partial charge is 0.336 e. The van der Waals surface area contributed by atoms with Crippen molar-refractivity contribution in [3.63, 3.8) is 0 Å². The van der Waals surface area contributed by atoms with E-state index >= 15 is 0 Å². The Morgan fingerprint density at radius 1 is 1.12 bits per heavy atom. The maximum Gasteiger partial charge on any atom is 0.336 e. The van der Waals surface area contributed by atoms with Crippen LogP contribution in [0.25, 0.3) is 0 Å². The summed E-state index contributed by atoms with van der Waals surface area (Å²) in [6, 6.07) is 7.25. The minimum absolute atomic E-state index is 0.0932. The Balaban J connectivity index is 2.06. The molecule has 8 nitrogen and oxygen atoms in total. The highest BCUT2D eigenvalue weighted by molar-refractivity contribution is 6.12. The Morgan fingerprint density at radius 2 is 1.85 bits per heavy atom. The molecule has 1 N–H and O–H groups in total. The molecule has 34 heavy (non-hydrogen) atoms. The number of allylic oxidation sites excluding steroid dienone is 3. The minimum Gasteiger partial charge on any atom is -0.496 e. The van der Waals surface area contributed by atoms with Gasteiger partial charge in [0.05, 0.1) is 32.3 Å². The van der Waals surface area contributed by atoms with Crippen LogP contribution in [0.4, 0.5) is 0 Å². The van der Waals surface area contributed by atoms with Gasteiger partial charge in [-0.05, 0) is 31.7 Å². The SMILES string of the molecule is CCCOCCOC(=O)C1=C(C)NC2=C(C(=O)C(C(=O)OC)C(C)C2)C1c1ccccc1OC. The van der Waals surface area contributed by atoms with Gasteiger partial charge in [-0.25, -0.2) is 4.79 Å². The number of rotatable bonds is 9. The second kappa shape index (κ2) is 11.3. The van der Waals surface area contributed by atoms with Crippen molar-refractivity contribution in [3.05, 3.63) is 52.4 Å². The summed E-state index contributed by atoms with van der Waals surface area (Å²) in [6.45, 7) is 6.60. The second-order valence-electron chi connectivity index (χ2n) is 8.53. The molecule has 0 radical (unpaired) electrons. The number of ketones is 1. The molecule has 1 aliphatic heterocycles. The molecule has 1 aliphatic carbocycles. The number of para-hydroxylation sites is 1. The van der Waals surface area contributed by atoms with E-state index < -0.39 is 23.8 Å². The molecule has 0 bridgehead atoms. The number of carbonyl (C=O) groups is 3. The van der Waals surface area contributed by atoms with E-state index in [1.807, 2.05) is 32.0 Å². The van der Waals surface area contributed by atoms with Gasteiger partial charge < -0.3 is 24.3 Å². The number of benzene rings is 1. The molecule has 2 aliphatic rings. The molecule has 1 aromatic carbocycles. The average Bonchev–Trinajstić information content (AvgIpc) is 2.82. The number of hydrogen-bond acceptors (Lipinski definition) is 8. The van der Waals surface area contributed by atoms with Gasteiger partial charge in [-0.3, -0.25) is 9.59 Å². The van der Waals surface area contributed by atoms with Crippen molar-refractivity contribution in [2.24, 2.45) is 11.8 Å². The van der Waals surface area contributed by atoms with Crippen LogP contribution in [0.15, 0.2) is 46.8 Å². The van der Waals surface area contributed by atoms with E-state index in [0.29, 0.717) is 46.9 Å². The quantitative estimate of drug-likeness (QED) is 0.333.